The van der Waals surface area contributed by atoms with Gasteiger partial charge in [0.2, 0.25) is 0 Å². The van der Waals surface area contributed by atoms with E-state index in [2.05, 4.69) is 4.74 Å². The van der Waals surface area contributed by atoms with E-state index in [1.807, 2.05) is 0 Å². The number of hydrogen-bond acceptors (Lipinski definition) is 6. The molecule has 1 rings (SSSR count). The van der Waals surface area contributed by atoms with Crippen LogP contribution in [0.15, 0.2) is 18.2 Å². The molecule has 18 heavy (non-hydrogen) atoms. The Labute approximate surface area is 103 Å². The third-order valence-corrected chi connectivity index (χ3v) is 2.34. The van der Waals surface area contributed by atoms with Gasteiger partial charge in [-0.05, 0) is 24.6 Å². The smallest absolute Gasteiger partial charge is 0.338 e. The Balaban J connectivity index is 2.99. The first-order chi connectivity index (χ1) is 8.51. The standard InChI is InChI=1S/C12H14O6/c1-2-18-12(17)11(16)10(15)9-4-3-8(14)5-7(9)6-13/h3-6,10-11,14-16H,2H2,1H3. The van der Waals surface area contributed by atoms with Crippen molar-refractivity contribution in [3.05, 3.63) is 29.3 Å². The van der Waals surface area contributed by atoms with E-state index < -0.39 is 18.2 Å². The summed E-state index contributed by atoms with van der Waals surface area (Å²) in [5.41, 5.74) is 0.0363. The van der Waals surface area contributed by atoms with E-state index in [0.29, 0.717) is 6.29 Å². The van der Waals surface area contributed by atoms with Crippen molar-refractivity contribution in [3.63, 3.8) is 0 Å². The molecule has 0 bridgehead atoms. The summed E-state index contributed by atoms with van der Waals surface area (Å²) in [5.74, 6) is -1.13. The Hall–Kier alpha value is -1.92. The maximum atomic E-state index is 11.3. The number of phenols is 1. The normalized spacial score (nSPS) is 13.7. The van der Waals surface area contributed by atoms with Gasteiger partial charge in [0.25, 0.3) is 0 Å². The van der Waals surface area contributed by atoms with Crippen LogP contribution in [0.5, 0.6) is 5.75 Å². The van der Waals surface area contributed by atoms with Crippen LogP contribution in [0.3, 0.4) is 0 Å². The summed E-state index contributed by atoms with van der Waals surface area (Å²) < 4.78 is 4.56. The summed E-state index contributed by atoms with van der Waals surface area (Å²) in [6.07, 6.45) is -2.96. The number of carbonyl (C=O) groups is 2. The summed E-state index contributed by atoms with van der Waals surface area (Å²) in [5, 5.41) is 28.5. The molecule has 1 aromatic carbocycles. The molecule has 0 aromatic heterocycles. The first kappa shape index (κ1) is 14.1. The largest absolute Gasteiger partial charge is 0.508 e. The number of benzene rings is 1. The van der Waals surface area contributed by atoms with Gasteiger partial charge in [0, 0.05) is 5.56 Å². The highest BCUT2D eigenvalue weighted by Crippen LogP contribution is 2.24. The van der Waals surface area contributed by atoms with Gasteiger partial charge in [-0.15, -0.1) is 0 Å². The van der Waals surface area contributed by atoms with Gasteiger partial charge in [-0.25, -0.2) is 4.79 Å². The minimum Gasteiger partial charge on any atom is -0.508 e. The molecule has 2 atom stereocenters. The summed E-state index contributed by atoms with van der Waals surface area (Å²) in [6.45, 7) is 1.63. The van der Waals surface area contributed by atoms with Crippen molar-refractivity contribution in [1.29, 1.82) is 0 Å². The molecule has 0 aliphatic heterocycles. The van der Waals surface area contributed by atoms with E-state index in [1.165, 1.54) is 12.1 Å². The highest BCUT2D eigenvalue weighted by Gasteiger charge is 2.28. The molecule has 6 heteroatoms. The van der Waals surface area contributed by atoms with Gasteiger partial charge in [-0.2, -0.15) is 0 Å². The molecule has 0 fully saturated rings. The Bertz CT molecular complexity index is 442. The lowest BCUT2D eigenvalue weighted by molar-refractivity contribution is -0.159. The minimum atomic E-state index is -1.78. The minimum absolute atomic E-state index is 0.00847. The van der Waals surface area contributed by atoms with Gasteiger partial charge in [-0.1, -0.05) is 6.07 Å². The molecule has 0 aliphatic rings. The zero-order valence-electron chi connectivity index (χ0n) is 9.74. The summed E-state index contributed by atoms with van der Waals surface area (Å²) in [4.78, 5) is 22.0. The summed E-state index contributed by atoms with van der Waals surface area (Å²) in [6, 6.07) is 3.62. The molecule has 0 aliphatic carbocycles. The molecule has 0 saturated heterocycles. The maximum Gasteiger partial charge on any atom is 0.338 e. The number of phenolic OH excluding ortho intramolecular Hbond substituents is 1. The van der Waals surface area contributed by atoms with Crippen LogP contribution in [-0.2, 0) is 9.53 Å². The average Bonchev–Trinajstić information content (AvgIpc) is 2.37. The maximum absolute atomic E-state index is 11.3. The molecule has 2 unspecified atom stereocenters. The molecule has 3 N–H and O–H groups in total. The van der Waals surface area contributed by atoms with Gasteiger partial charge < -0.3 is 20.1 Å². The number of hydrogen-bond donors (Lipinski definition) is 3. The predicted octanol–water partition coefficient (Wildman–Crippen LogP) is 0.162. The fourth-order valence-corrected chi connectivity index (χ4v) is 1.46. The third kappa shape index (κ3) is 3.06. The van der Waals surface area contributed by atoms with Crippen LogP contribution >= 0.6 is 0 Å². The zero-order chi connectivity index (χ0) is 13.7. The van der Waals surface area contributed by atoms with E-state index >= 15 is 0 Å². The first-order valence-corrected chi connectivity index (χ1v) is 5.32. The van der Waals surface area contributed by atoms with Gasteiger partial charge in [-0.3, -0.25) is 4.79 Å². The van der Waals surface area contributed by atoms with E-state index in [1.54, 1.807) is 6.92 Å². The molecule has 0 amide bonds. The summed E-state index contributed by atoms with van der Waals surface area (Å²) >= 11 is 0. The Morgan fingerprint density at radius 3 is 2.67 bits per heavy atom. The second-order valence-corrected chi connectivity index (χ2v) is 3.57. The SMILES string of the molecule is CCOC(=O)C(O)C(O)c1ccc(O)cc1C=O. The molecule has 0 saturated carbocycles. The quantitative estimate of drug-likeness (QED) is 0.511. The molecule has 0 heterocycles. The van der Waals surface area contributed by atoms with Crippen molar-refractivity contribution < 1.29 is 29.6 Å². The number of aldehydes is 1. The van der Waals surface area contributed by atoms with Gasteiger partial charge in [0.05, 0.1) is 6.61 Å². The van der Waals surface area contributed by atoms with Gasteiger partial charge in [0.1, 0.15) is 11.9 Å². The van der Waals surface area contributed by atoms with Crippen LogP contribution in [0.2, 0.25) is 0 Å². The number of ether oxygens (including phenoxy) is 1. The number of carbonyl (C=O) groups excluding carboxylic acids is 2. The molecule has 0 radical (unpaired) electrons. The molecular formula is C12H14O6. The van der Waals surface area contributed by atoms with E-state index in [0.717, 1.165) is 6.07 Å². The Morgan fingerprint density at radius 2 is 2.11 bits per heavy atom. The average molecular weight is 254 g/mol. The fraction of sp³-hybridized carbons (Fsp3) is 0.333. The number of esters is 1. The second-order valence-electron chi connectivity index (χ2n) is 3.57. The van der Waals surface area contributed by atoms with Crippen LogP contribution in [-0.4, -0.2) is 40.3 Å². The fourth-order valence-electron chi connectivity index (χ4n) is 1.46. The van der Waals surface area contributed by atoms with Crippen LogP contribution in [0.25, 0.3) is 0 Å². The molecule has 1 aromatic rings. The molecule has 0 spiro atoms. The van der Waals surface area contributed by atoms with Crippen molar-refractivity contribution in [2.24, 2.45) is 0 Å². The monoisotopic (exact) mass is 254 g/mol. The Morgan fingerprint density at radius 1 is 1.44 bits per heavy atom. The van der Waals surface area contributed by atoms with Crippen molar-refractivity contribution >= 4 is 12.3 Å². The zero-order valence-corrected chi connectivity index (χ0v) is 9.74. The van der Waals surface area contributed by atoms with Crippen LogP contribution in [0.1, 0.15) is 28.9 Å². The second kappa shape index (κ2) is 6.13. The lowest BCUT2D eigenvalue weighted by Crippen LogP contribution is -2.30. The predicted molar refractivity (Wildman–Crippen MR) is 61.1 cm³/mol. The first-order valence-electron chi connectivity index (χ1n) is 5.32. The molecule has 6 nitrogen and oxygen atoms in total. The third-order valence-electron chi connectivity index (χ3n) is 2.34. The van der Waals surface area contributed by atoms with Crippen molar-refractivity contribution in [2.75, 3.05) is 6.61 Å². The van der Waals surface area contributed by atoms with Crippen LogP contribution in [0.4, 0.5) is 0 Å². The number of rotatable bonds is 5. The Kier molecular flexibility index (Phi) is 4.82. The topological polar surface area (TPSA) is 104 Å². The van der Waals surface area contributed by atoms with Crippen LogP contribution in [0, 0.1) is 0 Å². The highest BCUT2D eigenvalue weighted by atomic mass is 16.5. The van der Waals surface area contributed by atoms with Crippen molar-refractivity contribution in [3.8, 4) is 5.75 Å². The lowest BCUT2D eigenvalue weighted by Gasteiger charge is -2.18. The molecule has 98 valence electrons. The van der Waals surface area contributed by atoms with E-state index in [9.17, 15) is 24.9 Å². The number of aliphatic hydroxyl groups excluding tert-OH is 2. The van der Waals surface area contributed by atoms with E-state index in [4.69, 9.17) is 0 Å². The van der Waals surface area contributed by atoms with Crippen molar-refractivity contribution in [1.82, 2.24) is 0 Å². The van der Waals surface area contributed by atoms with Gasteiger partial charge >= 0.3 is 5.97 Å². The summed E-state index contributed by atoms with van der Waals surface area (Å²) in [7, 11) is 0. The lowest BCUT2D eigenvalue weighted by atomic mass is 9.99. The van der Waals surface area contributed by atoms with E-state index in [-0.39, 0.29) is 23.5 Å². The molecular weight excluding hydrogens is 240 g/mol. The van der Waals surface area contributed by atoms with Crippen molar-refractivity contribution in [2.45, 2.75) is 19.1 Å². The number of aromatic hydroxyl groups is 1. The number of aliphatic hydroxyl groups is 2. The van der Waals surface area contributed by atoms with Gasteiger partial charge in [0.15, 0.2) is 12.4 Å². The highest BCUT2D eigenvalue weighted by molar-refractivity contribution is 5.80. The van der Waals surface area contributed by atoms with Crippen LogP contribution < -0.4 is 0 Å².